The molecule has 8 heteroatoms. The van der Waals surface area contributed by atoms with Gasteiger partial charge in [-0.3, -0.25) is 4.79 Å². The number of aromatic nitrogens is 3. The monoisotopic (exact) mass is 297 g/mol. The third-order valence-electron chi connectivity index (χ3n) is 2.53. The molecule has 106 valence electrons. The largest absolute Gasteiger partial charge is 0.323 e. The van der Waals surface area contributed by atoms with Crippen LogP contribution in [-0.4, -0.2) is 20.9 Å². The molecule has 1 amide bonds. The topological polar surface area (TPSA) is 85.8 Å². The van der Waals surface area contributed by atoms with E-state index in [9.17, 15) is 9.18 Å². The second kappa shape index (κ2) is 5.98. The molecule has 1 atom stereocenters. The molecular weight excluding hydrogens is 285 g/mol. The maximum absolute atomic E-state index is 13.5. The minimum absolute atomic E-state index is 0.0620. The lowest BCUT2D eigenvalue weighted by Crippen LogP contribution is -2.19. The Bertz CT molecular complexity index is 628. The van der Waals surface area contributed by atoms with E-state index in [1.807, 2.05) is 0 Å². The Balaban J connectivity index is 2.01. The van der Waals surface area contributed by atoms with Gasteiger partial charge < -0.3 is 11.1 Å². The van der Waals surface area contributed by atoms with Crippen molar-refractivity contribution in [1.82, 2.24) is 15.0 Å². The molecule has 0 radical (unpaired) electrons. The van der Waals surface area contributed by atoms with Crippen molar-refractivity contribution < 1.29 is 9.18 Å². The highest BCUT2D eigenvalue weighted by Gasteiger charge is 2.10. The van der Waals surface area contributed by atoms with Gasteiger partial charge in [-0.25, -0.2) is 9.07 Å². The van der Waals surface area contributed by atoms with E-state index >= 15 is 0 Å². The van der Waals surface area contributed by atoms with Gasteiger partial charge in [0.05, 0.1) is 17.6 Å². The van der Waals surface area contributed by atoms with Crippen LogP contribution in [0.15, 0.2) is 24.4 Å². The quantitative estimate of drug-likeness (QED) is 0.900. The SMILES string of the molecule is CC(N)c1cn(CC(=O)Nc2ccc(Cl)cc2F)nn1. The molecule has 3 N–H and O–H groups in total. The van der Waals surface area contributed by atoms with Crippen LogP contribution in [0.3, 0.4) is 0 Å². The first kappa shape index (κ1) is 14.4. The summed E-state index contributed by atoms with van der Waals surface area (Å²) < 4.78 is 14.8. The van der Waals surface area contributed by atoms with Crippen LogP contribution in [0.5, 0.6) is 0 Å². The Kier molecular flexibility index (Phi) is 4.31. The van der Waals surface area contributed by atoms with Crippen molar-refractivity contribution in [1.29, 1.82) is 0 Å². The normalized spacial score (nSPS) is 12.2. The zero-order valence-corrected chi connectivity index (χ0v) is 11.4. The minimum atomic E-state index is -0.597. The molecule has 1 heterocycles. The molecular formula is C12H13ClFN5O. The van der Waals surface area contributed by atoms with E-state index in [0.29, 0.717) is 5.69 Å². The van der Waals surface area contributed by atoms with Gasteiger partial charge in [0.1, 0.15) is 12.4 Å². The lowest BCUT2D eigenvalue weighted by atomic mass is 10.3. The number of amides is 1. The first-order chi connectivity index (χ1) is 9.45. The summed E-state index contributed by atoms with van der Waals surface area (Å²) in [5, 5.41) is 10.3. The fraction of sp³-hybridized carbons (Fsp3) is 0.250. The molecule has 0 saturated heterocycles. The van der Waals surface area contributed by atoms with Gasteiger partial charge in [-0.15, -0.1) is 5.10 Å². The van der Waals surface area contributed by atoms with Crippen molar-refractivity contribution >= 4 is 23.2 Å². The molecule has 0 spiro atoms. The lowest BCUT2D eigenvalue weighted by molar-refractivity contribution is -0.116. The molecule has 1 aromatic carbocycles. The van der Waals surface area contributed by atoms with Crippen molar-refractivity contribution in [3.05, 3.63) is 40.9 Å². The highest BCUT2D eigenvalue weighted by atomic mass is 35.5. The number of nitrogens with two attached hydrogens (primary N) is 1. The average Bonchev–Trinajstić information content (AvgIpc) is 2.81. The fourth-order valence-corrected chi connectivity index (χ4v) is 1.69. The zero-order chi connectivity index (χ0) is 14.7. The standard InChI is InChI=1S/C12H13ClFN5O/c1-7(15)11-5-19(18-17-11)6-12(20)16-10-3-2-8(13)4-9(10)14/h2-5,7H,6,15H2,1H3,(H,16,20). The molecule has 0 saturated carbocycles. The zero-order valence-electron chi connectivity index (χ0n) is 10.7. The molecule has 1 aromatic heterocycles. The van der Waals surface area contributed by atoms with Crippen molar-refractivity contribution in [3.63, 3.8) is 0 Å². The van der Waals surface area contributed by atoms with Crippen molar-refractivity contribution in [2.75, 3.05) is 5.32 Å². The van der Waals surface area contributed by atoms with Crippen molar-refractivity contribution in [2.24, 2.45) is 5.73 Å². The van der Waals surface area contributed by atoms with Gasteiger partial charge in [-0.2, -0.15) is 0 Å². The highest BCUT2D eigenvalue weighted by molar-refractivity contribution is 6.30. The summed E-state index contributed by atoms with van der Waals surface area (Å²) in [6, 6.07) is 3.75. The Morgan fingerprint density at radius 2 is 2.35 bits per heavy atom. The molecule has 0 bridgehead atoms. The third kappa shape index (κ3) is 3.52. The molecule has 20 heavy (non-hydrogen) atoms. The van der Waals surface area contributed by atoms with Crippen molar-refractivity contribution in [3.8, 4) is 0 Å². The molecule has 0 fully saturated rings. The van der Waals surface area contributed by atoms with E-state index in [4.69, 9.17) is 17.3 Å². The molecule has 1 unspecified atom stereocenters. The van der Waals surface area contributed by atoms with Crippen LogP contribution in [0.4, 0.5) is 10.1 Å². The summed E-state index contributed by atoms with van der Waals surface area (Å²) in [5.41, 5.74) is 6.28. The maximum Gasteiger partial charge on any atom is 0.246 e. The van der Waals surface area contributed by atoms with Gasteiger partial charge in [0.2, 0.25) is 5.91 Å². The number of carbonyl (C=O) groups excluding carboxylic acids is 1. The number of anilines is 1. The van der Waals surface area contributed by atoms with Gasteiger partial charge in [0.25, 0.3) is 0 Å². The van der Waals surface area contributed by atoms with Crippen LogP contribution < -0.4 is 11.1 Å². The molecule has 2 aromatic rings. The number of hydrogen-bond donors (Lipinski definition) is 2. The summed E-state index contributed by atoms with van der Waals surface area (Å²) in [5.74, 6) is -1.02. The highest BCUT2D eigenvalue weighted by Crippen LogP contribution is 2.18. The van der Waals surface area contributed by atoms with E-state index in [1.54, 1.807) is 13.1 Å². The van der Waals surface area contributed by atoms with E-state index in [2.05, 4.69) is 15.6 Å². The third-order valence-corrected chi connectivity index (χ3v) is 2.77. The second-order valence-corrected chi connectivity index (χ2v) is 4.74. The minimum Gasteiger partial charge on any atom is -0.323 e. The van der Waals surface area contributed by atoms with Gasteiger partial charge in [0.15, 0.2) is 0 Å². The van der Waals surface area contributed by atoms with Crippen LogP contribution in [0.2, 0.25) is 5.02 Å². The Hall–Kier alpha value is -1.99. The van der Waals surface area contributed by atoms with Crippen LogP contribution in [0, 0.1) is 5.82 Å². The number of carbonyl (C=O) groups is 1. The predicted molar refractivity (Wildman–Crippen MR) is 72.7 cm³/mol. The average molecular weight is 298 g/mol. The molecule has 6 nitrogen and oxygen atoms in total. The van der Waals surface area contributed by atoms with E-state index in [-0.39, 0.29) is 23.3 Å². The maximum atomic E-state index is 13.5. The van der Waals surface area contributed by atoms with E-state index in [1.165, 1.54) is 16.8 Å². The first-order valence-electron chi connectivity index (χ1n) is 5.86. The Morgan fingerprint density at radius 3 is 2.95 bits per heavy atom. The van der Waals surface area contributed by atoms with Crippen LogP contribution in [0.25, 0.3) is 0 Å². The van der Waals surface area contributed by atoms with Crippen molar-refractivity contribution in [2.45, 2.75) is 19.5 Å². The number of nitrogens with one attached hydrogen (secondary N) is 1. The number of nitrogens with zero attached hydrogens (tertiary/aromatic N) is 3. The number of benzene rings is 1. The number of rotatable bonds is 4. The molecule has 0 aliphatic carbocycles. The fourth-order valence-electron chi connectivity index (χ4n) is 1.53. The summed E-state index contributed by atoms with van der Waals surface area (Å²) in [4.78, 5) is 11.8. The summed E-state index contributed by atoms with van der Waals surface area (Å²) in [6.07, 6.45) is 1.57. The van der Waals surface area contributed by atoms with Crippen LogP contribution >= 0.6 is 11.6 Å². The van der Waals surface area contributed by atoms with E-state index in [0.717, 1.165) is 6.07 Å². The molecule has 2 rings (SSSR count). The number of hydrogen-bond acceptors (Lipinski definition) is 4. The predicted octanol–water partition coefficient (Wildman–Crippen LogP) is 1.73. The van der Waals surface area contributed by atoms with Gasteiger partial charge in [-0.05, 0) is 25.1 Å². The smallest absolute Gasteiger partial charge is 0.246 e. The van der Waals surface area contributed by atoms with Crippen LogP contribution in [0.1, 0.15) is 18.7 Å². The first-order valence-corrected chi connectivity index (χ1v) is 6.24. The second-order valence-electron chi connectivity index (χ2n) is 4.30. The summed E-state index contributed by atoms with van der Waals surface area (Å²) >= 11 is 5.63. The van der Waals surface area contributed by atoms with E-state index < -0.39 is 11.7 Å². The Morgan fingerprint density at radius 1 is 1.60 bits per heavy atom. The Labute approximate surface area is 119 Å². The molecule has 0 aliphatic rings. The van der Waals surface area contributed by atoms with Gasteiger partial charge >= 0.3 is 0 Å². The van der Waals surface area contributed by atoms with Gasteiger partial charge in [-0.1, -0.05) is 16.8 Å². The van der Waals surface area contributed by atoms with Crippen LogP contribution in [-0.2, 0) is 11.3 Å². The lowest BCUT2D eigenvalue weighted by Gasteiger charge is -2.06. The summed E-state index contributed by atoms with van der Waals surface area (Å²) in [7, 11) is 0. The summed E-state index contributed by atoms with van der Waals surface area (Å²) in [6.45, 7) is 1.68. The van der Waals surface area contributed by atoms with Gasteiger partial charge in [0, 0.05) is 11.1 Å². The number of halogens is 2. The molecule has 0 aliphatic heterocycles.